The van der Waals surface area contributed by atoms with Gasteiger partial charge in [0.15, 0.2) is 0 Å². The summed E-state index contributed by atoms with van der Waals surface area (Å²) < 4.78 is 0. The second-order valence-electron chi connectivity index (χ2n) is 1.54. The van der Waals surface area contributed by atoms with Crippen LogP contribution in [0.15, 0.2) is 0 Å². The maximum atomic E-state index is 9.85. The molecule has 1 radical (unpaired) electrons. The Bertz CT molecular complexity index is 137. The van der Waals surface area contributed by atoms with E-state index >= 15 is 0 Å². The third kappa shape index (κ3) is 5.55. The minimum Gasteiger partial charge on any atom is -0.481 e. The summed E-state index contributed by atoms with van der Waals surface area (Å²) in [6, 6.07) is -1.29. The second-order valence-corrected chi connectivity index (χ2v) is 1.54. The van der Waals surface area contributed by atoms with Crippen molar-refractivity contribution in [3.8, 4) is 0 Å². The van der Waals surface area contributed by atoms with Gasteiger partial charge in [-0.05, 0) is 0 Å². The largest absolute Gasteiger partial charge is 2.00 e. The number of carboxylic acid groups (broad SMARTS) is 2. The van der Waals surface area contributed by atoms with E-state index in [4.69, 9.17) is 15.9 Å². The Hall–Kier alpha value is -0.581. The molecule has 0 rings (SSSR count). The van der Waals surface area contributed by atoms with Gasteiger partial charge < -0.3 is 15.9 Å². The number of aliphatic carboxylic acids is 2. The van der Waals surface area contributed by atoms with Crippen molar-refractivity contribution in [2.24, 2.45) is 5.73 Å². The van der Waals surface area contributed by atoms with Gasteiger partial charge in [0.05, 0.1) is 6.42 Å². The van der Waals surface area contributed by atoms with Crippen LogP contribution < -0.4 is 5.73 Å². The molecule has 0 saturated carbocycles. The number of hydrogen-bond acceptors (Lipinski definition) is 3. The van der Waals surface area contributed by atoms with Gasteiger partial charge in [0.1, 0.15) is 6.04 Å². The van der Waals surface area contributed by atoms with Crippen LogP contribution in [0.1, 0.15) is 6.42 Å². The summed E-state index contributed by atoms with van der Waals surface area (Å²) in [5.41, 5.74) is 4.84. The van der Waals surface area contributed by atoms with E-state index in [1.54, 1.807) is 0 Å². The van der Waals surface area contributed by atoms with Gasteiger partial charge in [-0.25, -0.2) is 0 Å². The van der Waals surface area contributed by atoms with E-state index in [9.17, 15) is 9.59 Å². The van der Waals surface area contributed by atoms with E-state index in [1.807, 2.05) is 0 Å². The number of nitrogens with two attached hydrogens (primary N) is 1. The Labute approximate surface area is 67.7 Å². The zero-order valence-electron chi connectivity index (χ0n) is 4.87. The van der Waals surface area contributed by atoms with Crippen molar-refractivity contribution >= 4 is 11.9 Å². The first kappa shape index (κ1) is 12.1. The van der Waals surface area contributed by atoms with Crippen molar-refractivity contribution in [2.75, 3.05) is 0 Å². The molecule has 0 aliphatic carbocycles. The maximum Gasteiger partial charge on any atom is 2.00 e. The van der Waals surface area contributed by atoms with Gasteiger partial charge in [-0.1, -0.05) is 0 Å². The van der Waals surface area contributed by atoms with Gasteiger partial charge in [-0.3, -0.25) is 9.59 Å². The van der Waals surface area contributed by atoms with Gasteiger partial charge in [-0.15, -0.1) is 0 Å². The van der Waals surface area contributed by atoms with Crippen molar-refractivity contribution in [1.82, 2.24) is 0 Å². The molecule has 0 amide bonds. The molecule has 0 saturated heterocycles. The van der Waals surface area contributed by atoms with Crippen LogP contribution >= 0.6 is 0 Å². The van der Waals surface area contributed by atoms with Gasteiger partial charge in [0.2, 0.25) is 0 Å². The molecule has 0 bridgehead atoms. The fraction of sp³-hybridized carbons (Fsp3) is 0.500. The van der Waals surface area contributed by atoms with Gasteiger partial charge in [-0.2, -0.15) is 0 Å². The Kier molecular flexibility index (Phi) is 6.34. The quantitative estimate of drug-likeness (QED) is 0.496. The van der Waals surface area contributed by atoms with E-state index in [1.165, 1.54) is 0 Å². The Morgan fingerprint density at radius 2 is 1.80 bits per heavy atom. The average molecular weight is 197 g/mol. The van der Waals surface area contributed by atoms with Crippen molar-refractivity contribution < 1.29 is 36.9 Å². The minimum absolute atomic E-state index is 0. The first-order chi connectivity index (χ1) is 4.04. The Morgan fingerprint density at radius 3 is 1.90 bits per heavy atom. The molecular weight excluding hydrogens is 190 g/mol. The summed E-state index contributed by atoms with van der Waals surface area (Å²) in [5, 5.41) is 16.0. The van der Waals surface area contributed by atoms with Crippen LogP contribution in [0.5, 0.6) is 0 Å². The predicted molar refractivity (Wildman–Crippen MR) is 27.9 cm³/mol. The molecule has 0 heterocycles. The Morgan fingerprint density at radius 1 is 1.40 bits per heavy atom. The van der Waals surface area contributed by atoms with E-state index in [0.717, 1.165) is 0 Å². The molecule has 6 heteroatoms. The smallest absolute Gasteiger partial charge is 0.481 e. The van der Waals surface area contributed by atoms with Gasteiger partial charge in [0.25, 0.3) is 0 Å². The van der Waals surface area contributed by atoms with Crippen molar-refractivity contribution in [2.45, 2.75) is 12.5 Å². The first-order valence-corrected chi connectivity index (χ1v) is 2.24. The molecule has 0 aromatic carbocycles. The average Bonchev–Trinajstić information content (AvgIpc) is 1.63. The van der Waals surface area contributed by atoms with Gasteiger partial charge in [0, 0.05) is 0 Å². The fourth-order valence-electron chi connectivity index (χ4n) is 0.275. The molecule has 0 fully saturated rings. The second kappa shape index (κ2) is 5.22. The van der Waals surface area contributed by atoms with Crippen molar-refractivity contribution in [1.29, 1.82) is 0 Å². The minimum atomic E-state index is -1.29. The van der Waals surface area contributed by atoms with E-state index in [2.05, 4.69) is 0 Å². The standard InChI is InChI=1S/C4H7NO4.Cu/c5-2(4(8)9)1-3(6)7;/h2H,1,5H2,(H,6,7)(H,8,9);/q;+2. The summed E-state index contributed by atoms with van der Waals surface area (Å²) >= 11 is 0. The molecule has 5 nitrogen and oxygen atoms in total. The SMILES string of the molecule is NC(CC(=O)O)C(=O)O.[Cu+2]. The van der Waals surface area contributed by atoms with E-state index in [-0.39, 0.29) is 17.1 Å². The number of carboxylic acids is 2. The normalized spacial score (nSPS) is 11.3. The third-order valence-electron chi connectivity index (χ3n) is 0.712. The van der Waals surface area contributed by atoms with Crippen LogP contribution in [0.3, 0.4) is 0 Å². The van der Waals surface area contributed by atoms with Crippen LogP contribution in [0, 0.1) is 0 Å². The summed E-state index contributed by atoms with van der Waals surface area (Å²) in [4.78, 5) is 19.6. The molecule has 10 heavy (non-hydrogen) atoms. The van der Waals surface area contributed by atoms with Crippen LogP contribution in [-0.4, -0.2) is 28.2 Å². The Balaban J connectivity index is 0. The third-order valence-corrected chi connectivity index (χ3v) is 0.712. The molecule has 61 valence electrons. The molecule has 4 N–H and O–H groups in total. The first-order valence-electron chi connectivity index (χ1n) is 2.24. The van der Waals surface area contributed by atoms with E-state index in [0.29, 0.717) is 0 Å². The molecule has 0 spiro atoms. The number of rotatable bonds is 3. The molecule has 1 atom stereocenters. The fourth-order valence-corrected chi connectivity index (χ4v) is 0.275. The summed E-state index contributed by atoms with van der Waals surface area (Å²) in [6.07, 6.45) is -0.532. The molecule has 0 aromatic heterocycles. The van der Waals surface area contributed by atoms with Crippen molar-refractivity contribution in [3.63, 3.8) is 0 Å². The van der Waals surface area contributed by atoms with Crippen LogP contribution in [0.4, 0.5) is 0 Å². The molecule has 0 aromatic rings. The summed E-state index contributed by atoms with van der Waals surface area (Å²) in [6.45, 7) is 0. The predicted octanol–water partition coefficient (Wildman–Crippen LogP) is -1.13. The topological polar surface area (TPSA) is 101 Å². The van der Waals surface area contributed by atoms with Crippen molar-refractivity contribution in [3.05, 3.63) is 0 Å². The number of hydrogen-bond donors (Lipinski definition) is 3. The zero-order valence-corrected chi connectivity index (χ0v) is 5.82. The summed E-state index contributed by atoms with van der Waals surface area (Å²) in [7, 11) is 0. The molecule has 1 unspecified atom stereocenters. The van der Waals surface area contributed by atoms with Crippen LogP contribution in [0.2, 0.25) is 0 Å². The maximum absolute atomic E-state index is 9.85. The van der Waals surface area contributed by atoms with Gasteiger partial charge >= 0.3 is 29.0 Å². The molecular formula is C4H7CuNO4+2. The molecule has 0 aliphatic heterocycles. The molecule has 0 aliphatic rings. The van der Waals surface area contributed by atoms with Crippen LogP contribution in [0.25, 0.3) is 0 Å². The monoisotopic (exact) mass is 196 g/mol. The number of carbonyl (C=O) groups is 2. The summed E-state index contributed by atoms with van der Waals surface area (Å²) in [5.74, 6) is -2.50. The van der Waals surface area contributed by atoms with E-state index < -0.39 is 24.4 Å². The van der Waals surface area contributed by atoms with Crippen LogP contribution in [-0.2, 0) is 26.7 Å². The zero-order chi connectivity index (χ0) is 7.44.